The van der Waals surface area contributed by atoms with E-state index >= 15 is 0 Å². The molecule has 1 atom stereocenters. The summed E-state index contributed by atoms with van der Waals surface area (Å²) in [7, 11) is 0. The van der Waals surface area contributed by atoms with Crippen LogP contribution in [-0.4, -0.2) is 71.6 Å². The normalized spacial score (nSPS) is 14.9. The first kappa shape index (κ1) is 27.7. The topological polar surface area (TPSA) is 129 Å². The molecule has 3 N–H and O–H groups in total. The standard InChI is InChI=1S/C32H31FN8O3/c1-20(41-32-28(31(34)35-19-36-32)29(37-41)22-14-23(33)17-25(42)15-22)26-18-24-4-2-3-6-40(24)30(26)21-5-7-39(27(43)16-21)9-8-38-10-12-44-13-11-38/h2-7,14-20,42H,8-13H2,1H3,(H2,34,35,36)/t20-/m1/s1. The van der Waals surface area contributed by atoms with Crippen molar-refractivity contribution in [1.29, 1.82) is 0 Å². The molecule has 224 valence electrons. The summed E-state index contributed by atoms with van der Waals surface area (Å²) in [5.41, 5.74) is 10.8. The quantitative estimate of drug-likeness (QED) is 0.285. The van der Waals surface area contributed by atoms with E-state index < -0.39 is 5.82 Å². The summed E-state index contributed by atoms with van der Waals surface area (Å²) in [6.07, 6.45) is 5.18. The van der Waals surface area contributed by atoms with E-state index in [1.807, 2.05) is 43.6 Å². The van der Waals surface area contributed by atoms with Gasteiger partial charge in [0.05, 0.1) is 30.3 Å². The number of halogens is 1. The maximum atomic E-state index is 14.3. The highest BCUT2D eigenvalue weighted by Gasteiger charge is 2.25. The van der Waals surface area contributed by atoms with Crippen LogP contribution in [0.5, 0.6) is 5.75 Å². The Morgan fingerprint density at radius 2 is 1.86 bits per heavy atom. The van der Waals surface area contributed by atoms with Gasteiger partial charge >= 0.3 is 0 Å². The van der Waals surface area contributed by atoms with Crippen LogP contribution in [0, 0.1) is 5.82 Å². The van der Waals surface area contributed by atoms with E-state index in [9.17, 15) is 14.3 Å². The molecule has 1 aliphatic heterocycles. The van der Waals surface area contributed by atoms with Gasteiger partial charge in [-0.3, -0.25) is 9.69 Å². The van der Waals surface area contributed by atoms with Crippen molar-refractivity contribution in [1.82, 2.24) is 33.6 Å². The Balaban J connectivity index is 1.32. The van der Waals surface area contributed by atoms with Crippen molar-refractivity contribution in [3.63, 3.8) is 0 Å². The number of benzene rings is 1. The molecule has 6 aromatic rings. The zero-order valence-electron chi connectivity index (χ0n) is 24.1. The number of nitrogens with two attached hydrogens (primary N) is 1. The van der Waals surface area contributed by atoms with Gasteiger partial charge in [0.25, 0.3) is 5.56 Å². The molecule has 0 bridgehead atoms. The van der Waals surface area contributed by atoms with Gasteiger partial charge in [0.1, 0.15) is 29.4 Å². The van der Waals surface area contributed by atoms with Gasteiger partial charge in [0.15, 0.2) is 5.65 Å². The largest absolute Gasteiger partial charge is 0.508 e. The Morgan fingerprint density at radius 3 is 2.66 bits per heavy atom. The average Bonchev–Trinajstić information content (AvgIpc) is 3.61. The van der Waals surface area contributed by atoms with Gasteiger partial charge in [-0.1, -0.05) is 6.07 Å². The van der Waals surface area contributed by atoms with E-state index in [0.717, 1.165) is 48.0 Å². The fourth-order valence-electron chi connectivity index (χ4n) is 5.99. The number of phenolic OH excluding ortho intramolecular Hbond substituents is 1. The molecule has 0 amide bonds. The number of nitrogen functional groups attached to an aromatic ring is 1. The number of phenols is 1. The molecule has 12 heteroatoms. The van der Waals surface area contributed by atoms with Crippen LogP contribution in [0.3, 0.4) is 0 Å². The highest BCUT2D eigenvalue weighted by Crippen LogP contribution is 2.38. The second-order valence-corrected chi connectivity index (χ2v) is 11.0. The molecule has 0 spiro atoms. The lowest BCUT2D eigenvalue weighted by Crippen LogP contribution is -2.39. The van der Waals surface area contributed by atoms with Gasteiger partial charge in [-0.2, -0.15) is 5.10 Å². The minimum absolute atomic E-state index is 0.0847. The van der Waals surface area contributed by atoms with Crippen LogP contribution in [0.4, 0.5) is 10.2 Å². The van der Waals surface area contributed by atoms with Crippen LogP contribution in [0.2, 0.25) is 0 Å². The van der Waals surface area contributed by atoms with Crippen LogP contribution in [0.25, 0.3) is 39.1 Å². The molecular formula is C32H31FN8O3. The third-order valence-electron chi connectivity index (χ3n) is 8.23. The highest BCUT2D eigenvalue weighted by molar-refractivity contribution is 5.98. The summed E-state index contributed by atoms with van der Waals surface area (Å²) in [4.78, 5) is 24.3. The molecular weight excluding hydrogens is 563 g/mol. The summed E-state index contributed by atoms with van der Waals surface area (Å²) in [5.74, 6) is -0.645. The number of anilines is 1. The third-order valence-corrected chi connectivity index (χ3v) is 8.23. The lowest BCUT2D eigenvalue weighted by molar-refractivity contribution is 0.0363. The van der Waals surface area contributed by atoms with E-state index in [1.54, 1.807) is 15.3 Å². The maximum Gasteiger partial charge on any atom is 0.251 e. The second kappa shape index (κ2) is 11.2. The molecule has 1 aromatic carbocycles. The Bertz CT molecular complexity index is 2040. The minimum atomic E-state index is -0.605. The summed E-state index contributed by atoms with van der Waals surface area (Å²) in [6, 6.07) is 15.0. The van der Waals surface area contributed by atoms with Gasteiger partial charge in [0.2, 0.25) is 0 Å². The van der Waals surface area contributed by atoms with Crippen LogP contribution in [0.15, 0.2) is 78.1 Å². The van der Waals surface area contributed by atoms with E-state index in [1.165, 1.54) is 18.5 Å². The number of rotatable bonds is 7. The maximum absolute atomic E-state index is 14.3. The number of morpholine rings is 1. The first-order valence-corrected chi connectivity index (χ1v) is 14.5. The van der Waals surface area contributed by atoms with Gasteiger partial charge in [-0.15, -0.1) is 0 Å². The van der Waals surface area contributed by atoms with Crippen LogP contribution >= 0.6 is 0 Å². The highest BCUT2D eigenvalue weighted by atomic mass is 19.1. The van der Waals surface area contributed by atoms with Gasteiger partial charge in [-0.05, 0) is 43.3 Å². The number of fused-ring (bicyclic) bond motifs is 2. The summed E-state index contributed by atoms with van der Waals surface area (Å²) in [6.45, 7) is 6.52. The Labute approximate surface area is 251 Å². The molecule has 0 saturated carbocycles. The zero-order valence-corrected chi connectivity index (χ0v) is 24.1. The van der Waals surface area contributed by atoms with Gasteiger partial charge < -0.3 is 24.5 Å². The molecule has 1 fully saturated rings. The number of nitrogens with zero attached hydrogens (tertiary/aromatic N) is 7. The van der Waals surface area contributed by atoms with Crippen LogP contribution in [-0.2, 0) is 11.3 Å². The summed E-state index contributed by atoms with van der Waals surface area (Å²) >= 11 is 0. The minimum Gasteiger partial charge on any atom is -0.508 e. The number of aromatic nitrogens is 6. The predicted octanol–water partition coefficient (Wildman–Crippen LogP) is 3.94. The van der Waals surface area contributed by atoms with Crippen molar-refractivity contribution in [2.24, 2.45) is 0 Å². The van der Waals surface area contributed by atoms with Crippen LogP contribution in [0.1, 0.15) is 18.5 Å². The predicted molar refractivity (Wildman–Crippen MR) is 165 cm³/mol. The average molecular weight is 595 g/mol. The molecule has 7 rings (SSSR count). The molecule has 0 radical (unpaired) electrons. The Hall–Kier alpha value is -5.07. The molecule has 6 heterocycles. The SMILES string of the molecule is C[C@H](c1cc2ccccn2c1-c1ccn(CCN2CCOCC2)c(=O)c1)n1nc(-c2cc(O)cc(F)c2)c2c(N)ncnc21. The third kappa shape index (κ3) is 4.97. The smallest absolute Gasteiger partial charge is 0.251 e. The Kier molecular flexibility index (Phi) is 7.07. The number of pyridine rings is 2. The summed E-state index contributed by atoms with van der Waals surface area (Å²) < 4.78 is 25.3. The fraction of sp³-hybridized carbons (Fsp3) is 0.250. The fourth-order valence-corrected chi connectivity index (χ4v) is 5.99. The molecule has 0 unspecified atom stereocenters. The number of ether oxygens (including phenoxy) is 1. The van der Waals surface area contributed by atoms with E-state index in [4.69, 9.17) is 15.6 Å². The molecule has 11 nitrogen and oxygen atoms in total. The molecule has 0 aliphatic carbocycles. The van der Waals surface area contributed by atoms with Gasteiger partial charge in [-0.25, -0.2) is 19.0 Å². The van der Waals surface area contributed by atoms with E-state index in [0.29, 0.717) is 42.0 Å². The lowest BCUT2D eigenvalue weighted by Gasteiger charge is -2.26. The van der Waals surface area contributed by atoms with Crippen molar-refractivity contribution < 1.29 is 14.2 Å². The first-order chi connectivity index (χ1) is 21.4. The van der Waals surface area contributed by atoms with Crippen LogP contribution < -0.4 is 11.3 Å². The van der Waals surface area contributed by atoms with Gasteiger partial charge in [0, 0.05) is 72.9 Å². The second-order valence-electron chi connectivity index (χ2n) is 11.0. The molecule has 1 saturated heterocycles. The monoisotopic (exact) mass is 594 g/mol. The van der Waals surface area contributed by atoms with E-state index in [2.05, 4.69) is 25.3 Å². The zero-order chi connectivity index (χ0) is 30.4. The summed E-state index contributed by atoms with van der Waals surface area (Å²) in [5, 5.41) is 15.4. The van der Waals surface area contributed by atoms with Crippen molar-refractivity contribution in [3.8, 4) is 28.3 Å². The molecule has 5 aromatic heterocycles. The van der Waals surface area contributed by atoms with Crippen molar-refractivity contribution >= 4 is 22.4 Å². The van der Waals surface area contributed by atoms with E-state index in [-0.39, 0.29) is 23.2 Å². The van der Waals surface area contributed by atoms with Crippen molar-refractivity contribution in [2.45, 2.75) is 19.5 Å². The number of hydrogen-bond acceptors (Lipinski definition) is 8. The Morgan fingerprint density at radius 1 is 1.02 bits per heavy atom. The first-order valence-electron chi connectivity index (χ1n) is 14.5. The lowest BCUT2D eigenvalue weighted by atomic mass is 10.0. The number of aromatic hydroxyl groups is 1. The van der Waals surface area contributed by atoms with Crippen molar-refractivity contribution in [3.05, 3.63) is 95.1 Å². The van der Waals surface area contributed by atoms with Crippen molar-refractivity contribution in [2.75, 3.05) is 38.6 Å². The number of hydrogen-bond donors (Lipinski definition) is 2. The molecule has 44 heavy (non-hydrogen) atoms. The molecule has 1 aliphatic rings.